The van der Waals surface area contributed by atoms with Crippen LogP contribution in [-0.2, 0) is 16.0 Å². The molecule has 1 aromatic heterocycles. The molecule has 0 radical (unpaired) electrons. The number of hydrogen-bond donors (Lipinski definition) is 1. The summed E-state index contributed by atoms with van der Waals surface area (Å²) in [7, 11) is 3.54. The molecule has 1 aliphatic rings. The minimum Gasteiger partial charge on any atom is -0.397 e. The summed E-state index contributed by atoms with van der Waals surface area (Å²) in [4.78, 5) is 31.7. The van der Waals surface area contributed by atoms with Crippen LogP contribution in [0, 0.1) is 5.92 Å². The Morgan fingerprint density at radius 1 is 1.33 bits per heavy atom. The summed E-state index contributed by atoms with van der Waals surface area (Å²) < 4.78 is 0. The summed E-state index contributed by atoms with van der Waals surface area (Å²) in [6.45, 7) is 1.27. The van der Waals surface area contributed by atoms with E-state index in [9.17, 15) is 9.59 Å². The van der Waals surface area contributed by atoms with Crippen LogP contribution in [0.1, 0.15) is 18.5 Å². The summed E-state index contributed by atoms with van der Waals surface area (Å²) >= 11 is 0. The van der Waals surface area contributed by atoms with Gasteiger partial charge in [-0.2, -0.15) is 0 Å². The molecule has 1 fully saturated rings. The monoisotopic (exact) mass is 290 g/mol. The molecule has 0 spiro atoms. The summed E-state index contributed by atoms with van der Waals surface area (Å²) in [6, 6.07) is 3.52. The smallest absolute Gasteiger partial charge is 0.228 e. The Morgan fingerprint density at radius 2 is 2.00 bits per heavy atom. The fourth-order valence-corrected chi connectivity index (χ4v) is 2.55. The summed E-state index contributed by atoms with van der Waals surface area (Å²) in [5.74, 6) is 0.254. The van der Waals surface area contributed by atoms with Gasteiger partial charge in [0.15, 0.2) is 0 Å². The highest BCUT2D eigenvalue weighted by Gasteiger charge is 2.28. The lowest BCUT2D eigenvalue weighted by Gasteiger charge is -2.32. The molecule has 6 nitrogen and oxygen atoms in total. The van der Waals surface area contributed by atoms with Gasteiger partial charge in [-0.1, -0.05) is 0 Å². The van der Waals surface area contributed by atoms with Gasteiger partial charge >= 0.3 is 0 Å². The average molecular weight is 290 g/mol. The van der Waals surface area contributed by atoms with E-state index < -0.39 is 0 Å². The van der Waals surface area contributed by atoms with Gasteiger partial charge in [-0.25, -0.2) is 0 Å². The maximum Gasteiger partial charge on any atom is 0.228 e. The van der Waals surface area contributed by atoms with Crippen molar-refractivity contribution >= 4 is 17.5 Å². The van der Waals surface area contributed by atoms with Crippen molar-refractivity contribution in [3.8, 4) is 0 Å². The molecule has 0 unspecified atom stereocenters. The van der Waals surface area contributed by atoms with Crippen molar-refractivity contribution in [2.45, 2.75) is 19.3 Å². The highest BCUT2D eigenvalue weighted by Crippen LogP contribution is 2.19. The van der Waals surface area contributed by atoms with Crippen LogP contribution in [0.15, 0.2) is 18.3 Å². The third-order valence-electron chi connectivity index (χ3n) is 3.82. The van der Waals surface area contributed by atoms with Gasteiger partial charge in [-0.05, 0) is 25.0 Å². The topological polar surface area (TPSA) is 79.5 Å². The van der Waals surface area contributed by atoms with E-state index in [-0.39, 0.29) is 24.2 Å². The number of carbonyl (C=O) groups is 2. The van der Waals surface area contributed by atoms with Crippen molar-refractivity contribution in [3.05, 3.63) is 24.0 Å². The summed E-state index contributed by atoms with van der Waals surface area (Å²) in [5, 5.41) is 0. The number of amides is 2. The largest absolute Gasteiger partial charge is 0.397 e. The molecule has 2 amide bonds. The summed E-state index contributed by atoms with van der Waals surface area (Å²) in [6.07, 6.45) is 3.31. The van der Waals surface area contributed by atoms with E-state index in [2.05, 4.69) is 4.98 Å². The van der Waals surface area contributed by atoms with Crippen LogP contribution < -0.4 is 5.73 Å². The Balaban J connectivity index is 1.86. The first kappa shape index (κ1) is 15.3. The maximum absolute atomic E-state index is 12.2. The van der Waals surface area contributed by atoms with E-state index in [1.807, 2.05) is 4.90 Å². The Morgan fingerprint density at radius 3 is 2.52 bits per heavy atom. The first-order valence-corrected chi connectivity index (χ1v) is 7.16. The third kappa shape index (κ3) is 3.93. The lowest BCUT2D eigenvalue weighted by molar-refractivity contribution is -0.138. The normalized spacial score (nSPS) is 15.8. The van der Waals surface area contributed by atoms with Crippen molar-refractivity contribution in [2.75, 3.05) is 32.9 Å². The fraction of sp³-hybridized carbons (Fsp3) is 0.533. The van der Waals surface area contributed by atoms with Gasteiger partial charge in [0.05, 0.1) is 18.3 Å². The van der Waals surface area contributed by atoms with Gasteiger partial charge in [0.1, 0.15) is 0 Å². The molecule has 0 aromatic carbocycles. The number of nitrogens with two attached hydrogens (primary N) is 1. The van der Waals surface area contributed by atoms with E-state index in [0.29, 0.717) is 18.8 Å². The molecule has 6 heteroatoms. The number of nitrogen functional groups attached to an aromatic ring is 1. The van der Waals surface area contributed by atoms with E-state index in [0.717, 1.165) is 18.5 Å². The zero-order valence-electron chi connectivity index (χ0n) is 12.6. The lowest BCUT2D eigenvalue weighted by Crippen LogP contribution is -2.43. The molecule has 0 aliphatic carbocycles. The Hall–Kier alpha value is -2.11. The Bertz CT molecular complexity index is 505. The maximum atomic E-state index is 12.2. The minimum absolute atomic E-state index is 0.0405. The van der Waals surface area contributed by atoms with Crippen molar-refractivity contribution < 1.29 is 9.59 Å². The molecular weight excluding hydrogens is 268 g/mol. The van der Waals surface area contributed by atoms with Gasteiger partial charge in [0, 0.05) is 38.8 Å². The lowest BCUT2D eigenvalue weighted by atomic mass is 9.95. The molecule has 2 rings (SSSR count). The van der Waals surface area contributed by atoms with Gasteiger partial charge in [-0.3, -0.25) is 14.6 Å². The number of anilines is 1. The van der Waals surface area contributed by atoms with Crippen LogP contribution in [0.5, 0.6) is 0 Å². The van der Waals surface area contributed by atoms with Crippen molar-refractivity contribution in [3.63, 3.8) is 0 Å². The van der Waals surface area contributed by atoms with Crippen molar-refractivity contribution in [1.82, 2.24) is 14.8 Å². The van der Waals surface area contributed by atoms with Crippen LogP contribution >= 0.6 is 0 Å². The van der Waals surface area contributed by atoms with Crippen molar-refractivity contribution in [1.29, 1.82) is 0 Å². The van der Waals surface area contributed by atoms with E-state index >= 15 is 0 Å². The second-order valence-corrected chi connectivity index (χ2v) is 5.65. The predicted octanol–water partition coefficient (Wildman–Crippen LogP) is 0.533. The van der Waals surface area contributed by atoms with Crippen LogP contribution in [0.3, 0.4) is 0 Å². The van der Waals surface area contributed by atoms with Gasteiger partial charge in [0.2, 0.25) is 11.8 Å². The zero-order chi connectivity index (χ0) is 15.4. The van der Waals surface area contributed by atoms with E-state index in [1.54, 1.807) is 37.3 Å². The highest BCUT2D eigenvalue weighted by molar-refractivity contribution is 5.80. The molecule has 2 N–H and O–H groups in total. The molecule has 2 heterocycles. The first-order chi connectivity index (χ1) is 9.97. The summed E-state index contributed by atoms with van der Waals surface area (Å²) in [5.41, 5.74) is 6.89. The van der Waals surface area contributed by atoms with Crippen molar-refractivity contribution in [2.24, 2.45) is 5.92 Å². The number of pyridine rings is 1. The van der Waals surface area contributed by atoms with E-state index in [4.69, 9.17) is 5.73 Å². The zero-order valence-corrected chi connectivity index (χ0v) is 12.6. The molecule has 0 saturated carbocycles. The highest BCUT2D eigenvalue weighted by atomic mass is 16.2. The second-order valence-electron chi connectivity index (χ2n) is 5.65. The van der Waals surface area contributed by atoms with Crippen LogP contribution in [0.2, 0.25) is 0 Å². The second kappa shape index (κ2) is 6.56. The number of piperidine rings is 1. The number of hydrogen-bond acceptors (Lipinski definition) is 4. The molecule has 0 atom stereocenters. The van der Waals surface area contributed by atoms with Crippen LogP contribution in [0.4, 0.5) is 5.69 Å². The number of rotatable bonds is 3. The van der Waals surface area contributed by atoms with Crippen LogP contribution in [-0.4, -0.2) is 53.8 Å². The minimum atomic E-state index is 0.0405. The van der Waals surface area contributed by atoms with Gasteiger partial charge in [0.25, 0.3) is 0 Å². The number of nitrogens with zero attached hydrogens (tertiary/aromatic N) is 3. The molecule has 1 aliphatic heterocycles. The third-order valence-corrected chi connectivity index (χ3v) is 3.82. The first-order valence-electron chi connectivity index (χ1n) is 7.16. The Kier molecular flexibility index (Phi) is 4.77. The molecule has 1 saturated heterocycles. The van der Waals surface area contributed by atoms with Gasteiger partial charge in [-0.15, -0.1) is 0 Å². The molecule has 114 valence electrons. The molecule has 0 bridgehead atoms. The SMILES string of the molecule is CN(C)C(=O)C1CCN(C(=O)Cc2ccc(N)cn2)CC1. The number of likely N-dealkylation sites (tertiary alicyclic amines) is 1. The number of aromatic nitrogens is 1. The molecule has 21 heavy (non-hydrogen) atoms. The quantitative estimate of drug-likeness (QED) is 0.881. The molecule has 1 aromatic rings. The molecular formula is C15H22N4O2. The Labute approximate surface area is 124 Å². The van der Waals surface area contributed by atoms with E-state index in [1.165, 1.54) is 0 Å². The standard InChI is InChI=1S/C15H22N4O2/c1-18(2)15(21)11-5-7-19(8-6-11)14(20)9-13-4-3-12(16)10-17-13/h3-4,10-11H,5-9,16H2,1-2H3. The van der Waals surface area contributed by atoms with Crippen LogP contribution in [0.25, 0.3) is 0 Å². The average Bonchev–Trinajstić information content (AvgIpc) is 2.49. The van der Waals surface area contributed by atoms with Gasteiger partial charge < -0.3 is 15.5 Å². The predicted molar refractivity (Wildman–Crippen MR) is 80.4 cm³/mol. The fourth-order valence-electron chi connectivity index (χ4n) is 2.55. The number of carbonyl (C=O) groups excluding carboxylic acids is 2.